The SMILES string of the molecule is CC(C)NCc1ccc(OCCOC2CCOCC2)cc1. The zero-order chi connectivity index (χ0) is 14.9. The van der Waals surface area contributed by atoms with E-state index in [2.05, 4.69) is 31.3 Å². The number of rotatable bonds is 8. The van der Waals surface area contributed by atoms with Crippen LogP contribution in [0.25, 0.3) is 0 Å². The van der Waals surface area contributed by atoms with Crippen molar-refractivity contribution in [3.8, 4) is 5.75 Å². The minimum atomic E-state index is 0.340. The van der Waals surface area contributed by atoms with E-state index in [4.69, 9.17) is 14.2 Å². The summed E-state index contributed by atoms with van der Waals surface area (Å²) in [7, 11) is 0. The molecule has 0 aliphatic carbocycles. The van der Waals surface area contributed by atoms with Crippen molar-refractivity contribution in [2.75, 3.05) is 26.4 Å². The molecule has 1 fully saturated rings. The van der Waals surface area contributed by atoms with Crippen molar-refractivity contribution in [1.29, 1.82) is 0 Å². The molecule has 4 heteroatoms. The lowest BCUT2D eigenvalue weighted by Crippen LogP contribution is -2.25. The lowest BCUT2D eigenvalue weighted by molar-refractivity contribution is -0.0388. The highest BCUT2D eigenvalue weighted by Gasteiger charge is 2.13. The smallest absolute Gasteiger partial charge is 0.119 e. The maximum Gasteiger partial charge on any atom is 0.119 e. The fourth-order valence-electron chi connectivity index (χ4n) is 2.24. The van der Waals surface area contributed by atoms with Gasteiger partial charge >= 0.3 is 0 Å². The Morgan fingerprint density at radius 1 is 1.14 bits per heavy atom. The van der Waals surface area contributed by atoms with Crippen LogP contribution >= 0.6 is 0 Å². The Morgan fingerprint density at radius 2 is 1.86 bits per heavy atom. The molecule has 1 heterocycles. The molecular weight excluding hydrogens is 266 g/mol. The molecule has 118 valence electrons. The molecule has 0 aromatic heterocycles. The summed E-state index contributed by atoms with van der Waals surface area (Å²) in [4.78, 5) is 0. The van der Waals surface area contributed by atoms with E-state index in [1.165, 1.54) is 5.56 Å². The Balaban J connectivity index is 1.61. The predicted molar refractivity (Wildman–Crippen MR) is 83.7 cm³/mol. The number of ether oxygens (including phenoxy) is 3. The van der Waals surface area contributed by atoms with Gasteiger partial charge in [-0.25, -0.2) is 0 Å². The first-order valence-electron chi connectivity index (χ1n) is 7.88. The third-order valence-electron chi connectivity index (χ3n) is 3.51. The fraction of sp³-hybridized carbons (Fsp3) is 0.647. The van der Waals surface area contributed by atoms with E-state index in [0.29, 0.717) is 25.4 Å². The summed E-state index contributed by atoms with van der Waals surface area (Å²) in [6, 6.07) is 8.74. The molecule has 0 amide bonds. The van der Waals surface area contributed by atoms with Crippen LogP contribution < -0.4 is 10.1 Å². The number of nitrogens with one attached hydrogen (secondary N) is 1. The third kappa shape index (κ3) is 6.46. The van der Waals surface area contributed by atoms with Gasteiger partial charge in [0.25, 0.3) is 0 Å². The Bertz CT molecular complexity index is 386. The Morgan fingerprint density at radius 3 is 2.52 bits per heavy atom. The van der Waals surface area contributed by atoms with Crippen LogP contribution in [0.5, 0.6) is 5.75 Å². The predicted octanol–water partition coefficient (Wildman–Crippen LogP) is 2.76. The highest BCUT2D eigenvalue weighted by Crippen LogP contribution is 2.13. The van der Waals surface area contributed by atoms with Gasteiger partial charge in [-0.3, -0.25) is 0 Å². The number of hydrogen-bond donors (Lipinski definition) is 1. The second kappa shape index (κ2) is 9.03. The summed E-state index contributed by atoms with van der Waals surface area (Å²) >= 11 is 0. The molecule has 0 bridgehead atoms. The molecule has 0 saturated carbocycles. The molecule has 1 N–H and O–H groups in total. The molecule has 0 spiro atoms. The minimum Gasteiger partial charge on any atom is -0.491 e. The van der Waals surface area contributed by atoms with Crippen LogP contribution in [0.2, 0.25) is 0 Å². The van der Waals surface area contributed by atoms with Crippen molar-refractivity contribution in [2.45, 2.75) is 45.4 Å². The van der Waals surface area contributed by atoms with E-state index in [1.807, 2.05) is 12.1 Å². The van der Waals surface area contributed by atoms with Crippen LogP contribution in [-0.4, -0.2) is 38.6 Å². The first-order chi connectivity index (χ1) is 10.2. The van der Waals surface area contributed by atoms with Crippen molar-refractivity contribution in [3.63, 3.8) is 0 Å². The van der Waals surface area contributed by atoms with Gasteiger partial charge in [0.15, 0.2) is 0 Å². The maximum atomic E-state index is 5.78. The van der Waals surface area contributed by atoms with Crippen LogP contribution in [0.15, 0.2) is 24.3 Å². The molecule has 21 heavy (non-hydrogen) atoms. The minimum absolute atomic E-state index is 0.340. The normalized spacial score (nSPS) is 16.3. The lowest BCUT2D eigenvalue weighted by Gasteiger charge is -2.22. The van der Waals surface area contributed by atoms with Gasteiger partial charge in [0.05, 0.1) is 12.7 Å². The largest absolute Gasteiger partial charge is 0.491 e. The summed E-state index contributed by atoms with van der Waals surface area (Å²) in [5.41, 5.74) is 1.27. The summed E-state index contributed by atoms with van der Waals surface area (Å²) in [6.45, 7) is 8.06. The Hall–Kier alpha value is -1.10. The molecule has 1 aliphatic rings. The monoisotopic (exact) mass is 293 g/mol. The fourth-order valence-corrected chi connectivity index (χ4v) is 2.24. The van der Waals surface area contributed by atoms with E-state index in [-0.39, 0.29) is 0 Å². The summed E-state index contributed by atoms with van der Waals surface area (Å²) in [5, 5.41) is 3.40. The molecule has 4 nitrogen and oxygen atoms in total. The highest BCUT2D eigenvalue weighted by molar-refractivity contribution is 5.27. The Kier molecular flexibility index (Phi) is 7.00. The average Bonchev–Trinajstić information content (AvgIpc) is 2.52. The zero-order valence-electron chi connectivity index (χ0n) is 13.1. The van der Waals surface area contributed by atoms with Crippen LogP contribution in [0.4, 0.5) is 0 Å². The number of hydrogen-bond acceptors (Lipinski definition) is 4. The van der Waals surface area contributed by atoms with Crippen LogP contribution in [0, 0.1) is 0 Å². The lowest BCUT2D eigenvalue weighted by atomic mass is 10.2. The molecule has 1 aliphatic heterocycles. The third-order valence-corrected chi connectivity index (χ3v) is 3.51. The van der Waals surface area contributed by atoms with Gasteiger partial charge < -0.3 is 19.5 Å². The molecule has 2 rings (SSSR count). The van der Waals surface area contributed by atoms with E-state index in [0.717, 1.165) is 38.3 Å². The first-order valence-corrected chi connectivity index (χ1v) is 7.88. The van der Waals surface area contributed by atoms with Crippen LogP contribution in [0.3, 0.4) is 0 Å². The second-order valence-corrected chi connectivity index (χ2v) is 5.71. The standard InChI is InChI=1S/C17H27NO3/c1-14(2)18-13-15-3-5-16(6-4-15)20-11-12-21-17-7-9-19-10-8-17/h3-6,14,17-18H,7-13H2,1-2H3. The van der Waals surface area contributed by atoms with Crippen molar-refractivity contribution < 1.29 is 14.2 Å². The molecular formula is C17H27NO3. The van der Waals surface area contributed by atoms with E-state index >= 15 is 0 Å². The summed E-state index contributed by atoms with van der Waals surface area (Å²) < 4.78 is 16.8. The van der Waals surface area contributed by atoms with E-state index in [1.54, 1.807) is 0 Å². The second-order valence-electron chi connectivity index (χ2n) is 5.71. The van der Waals surface area contributed by atoms with Gasteiger partial charge in [-0.05, 0) is 30.5 Å². The molecule has 1 saturated heterocycles. The van der Waals surface area contributed by atoms with Crippen molar-refractivity contribution in [1.82, 2.24) is 5.32 Å². The van der Waals surface area contributed by atoms with E-state index in [9.17, 15) is 0 Å². The maximum absolute atomic E-state index is 5.78. The molecule has 1 aromatic rings. The first kappa shape index (κ1) is 16.3. The van der Waals surface area contributed by atoms with Gasteiger partial charge in [-0.2, -0.15) is 0 Å². The molecule has 0 unspecified atom stereocenters. The van der Waals surface area contributed by atoms with Crippen molar-refractivity contribution in [3.05, 3.63) is 29.8 Å². The average molecular weight is 293 g/mol. The zero-order valence-corrected chi connectivity index (χ0v) is 13.1. The molecule has 0 radical (unpaired) electrons. The van der Waals surface area contributed by atoms with Gasteiger partial charge in [0, 0.05) is 25.8 Å². The topological polar surface area (TPSA) is 39.7 Å². The molecule has 1 aromatic carbocycles. The van der Waals surface area contributed by atoms with E-state index < -0.39 is 0 Å². The van der Waals surface area contributed by atoms with Gasteiger partial charge in [-0.1, -0.05) is 26.0 Å². The van der Waals surface area contributed by atoms with Gasteiger partial charge in [-0.15, -0.1) is 0 Å². The summed E-state index contributed by atoms with van der Waals surface area (Å²) in [5.74, 6) is 0.902. The summed E-state index contributed by atoms with van der Waals surface area (Å²) in [6.07, 6.45) is 2.33. The van der Waals surface area contributed by atoms with Crippen LogP contribution in [-0.2, 0) is 16.0 Å². The van der Waals surface area contributed by atoms with Crippen LogP contribution in [0.1, 0.15) is 32.3 Å². The molecule has 0 atom stereocenters. The quantitative estimate of drug-likeness (QED) is 0.748. The van der Waals surface area contributed by atoms with Crippen molar-refractivity contribution >= 4 is 0 Å². The number of benzene rings is 1. The van der Waals surface area contributed by atoms with Crippen molar-refractivity contribution in [2.24, 2.45) is 0 Å². The Labute approximate surface area is 127 Å². The van der Waals surface area contributed by atoms with Gasteiger partial charge in [0.1, 0.15) is 12.4 Å². The highest BCUT2D eigenvalue weighted by atomic mass is 16.5. The van der Waals surface area contributed by atoms with Gasteiger partial charge in [0.2, 0.25) is 0 Å².